The van der Waals surface area contributed by atoms with Crippen molar-refractivity contribution in [2.24, 2.45) is 0 Å². The van der Waals surface area contributed by atoms with E-state index in [2.05, 4.69) is 0 Å². The van der Waals surface area contributed by atoms with Crippen molar-refractivity contribution >= 4 is 28.3 Å². The monoisotopic (exact) mass is 406 g/mol. The lowest BCUT2D eigenvalue weighted by Crippen LogP contribution is -2.40. The number of carbonyl (C=O) groups is 3. The summed E-state index contributed by atoms with van der Waals surface area (Å²) in [7, 11) is 0. The molecule has 0 saturated carbocycles. The Morgan fingerprint density at radius 3 is 2.00 bits per heavy atom. The predicted octanol–water partition coefficient (Wildman–Crippen LogP) is 5.36. The molecule has 4 nitrogen and oxygen atoms in total. The van der Waals surface area contributed by atoms with Crippen LogP contribution in [0.25, 0.3) is 10.8 Å². The molecule has 1 atom stereocenters. The molecule has 1 unspecified atom stereocenters. The van der Waals surface area contributed by atoms with Crippen molar-refractivity contribution in [3.05, 3.63) is 119 Å². The molecule has 31 heavy (non-hydrogen) atoms. The van der Waals surface area contributed by atoms with Gasteiger partial charge in [0.2, 0.25) is 11.4 Å². The first kappa shape index (κ1) is 18.9. The van der Waals surface area contributed by atoms with Crippen molar-refractivity contribution in [3.8, 4) is 0 Å². The molecule has 0 bridgehead atoms. The lowest BCUT2D eigenvalue weighted by Gasteiger charge is -2.28. The molecule has 4 heteroatoms. The normalized spacial score (nSPS) is 17.0. The number of carbonyl (C=O) groups excluding carboxylic acids is 3. The lowest BCUT2D eigenvalue weighted by molar-refractivity contribution is -0.0110. The maximum Gasteiger partial charge on any atom is 0.339 e. The van der Waals surface area contributed by atoms with E-state index in [1.165, 1.54) is 0 Å². The van der Waals surface area contributed by atoms with Gasteiger partial charge in [-0.25, -0.2) is 4.79 Å². The minimum absolute atomic E-state index is 0.262. The Morgan fingerprint density at radius 2 is 1.32 bits per heavy atom. The highest BCUT2D eigenvalue weighted by molar-refractivity contribution is 6.22. The van der Waals surface area contributed by atoms with Gasteiger partial charge in [-0.3, -0.25) is 9.59 Å². The maximum atomic E-state index is 13.7. The number of benzene rings is 4. The van der Waals surface area contributed by atoms with E-state index >= 15 is 0 Å². The van der Waals surface area contributed by atoms with Crippen LogP contribution in [0.1, 0.15) is 43.1 Å². The summed E-state index contributed by atoms with van der Waals surface area (Å²) >= 11 is 0. The second-order valence-electron chi connectivity index (χ2n) is 7.59. The van der Waals surface area contributed by atoms with Crippen molar-refractivity contribution in [3.63, 3.8) is 0 Å². The van der Waals surface area contributed by atoms with Gasteiger partial charge in [-0.05, 0) is 17.5 Å². The summed E-state index contributed by atoms with van der Waals surface area (Å²) in [5.41, 5.74) is 0.107. The molecule has 150 valence electrons. The Balaban J connectivity index is 1.66. The molecule has 0 saturated heterocycles. The predicted molar refractivity (Wildman–Crippen MR) is 117 cm³/mol. The van der Waals surface area contributed by atoms with E-state index in [0.717, 1.165) is 10.8 Å². The highest BCUT2D eigenvalue weighted by atomic mass is 16.6. The van der Waals surface area contributed by atoms with Gasteiger partial charge in [-0.2, -0.15) is 0 Å². The zero-order valence-corrected chi connectivity index (χ0v) is 16.6. The van der Waals surface area contributed by atoms with Gasteiger partial charge in [0.15, 0.2) is 5.78 Å². The fraction of sp³-hybridized carbons (Fsp3) is 0.0741. The number of Topliss-reactive ketones (excluding diaryl/α,β-unsaturated/α-hetero) is 2. The number of hydrogen-bond donors (Lipinski definition) is 0. The zero-order valence-electron chi connectivity index (χ0n) is 16.6. The number of rotatable bonds is 5. The number of hydrogen-bond acceptors (Lipinski definition) is 4. The molecule has 1 aliphatic carbocycles. The molecule has 0 amide bonds. The second kappa shape index (κ2) is 7.33. The van der Waals surface area contributed by atoms with Crippen LogP contribution in [-0.4, -0.2) is 17.5 Å². The Hall–Kier alpha value is -4.05. The van der Waals surface area contributed by atoms with Crippen molar-refractivity contribution < 1.29 is 19.1 Å². The molecule has 0 N–H and O–H groups in total. The fourth-order valence-corrected chi connectivity index (χ4v) is 4.26. The minimum atomic E-state index is -1.71. The van der Waals surface area contributed by atoms with Crippen LogP contribution in [0, 0.1) is 0 Å². The van der Waals surface area contributed by atoms with Crippen LogP contribution < -0.4 is 0 Å². The summed E-state index contributed by atoms with van der Waals surface area (Å²) in [4.78, 5) is 40.0. The second-order valence-corrected chi connectivity index (χ2v) is 7.59. The summed E-state index contributed by atoms with van der Waals surface area (Å²) in [6.07, 6.45) is -0.262. The third-order valence-corrected chi connectivity index (χ3v) is 5.73. The summed E-state index contributed by atoms with van der Waals surface area (Å²) < 4.78 is 5.95. The van der Waals surface area contributed by atoms with E-state index in [1.54, 1.807) is 72.8 Å². The number of ether oxygens (including phenoxy) is 1. The minimum Gasteiger partial charge on any atom is -0.442 e. The largest absolute Gasteiger partial charge is 0.442 e. The Kier molecular flexibility index (Phi) is 4.48. The van der Waals surface area contributed by atoms with Crippen LogP contribution in [0.2, 0.25) is 0 Å². The molecule has 0 fully saturated rings. The average Bonchev–Trinajstić information content (AvgIpc) is 3.05. The Bertz CT molecular complexity index is 1260. The first-order chi connectivity index (χ1) is 15.1. The molecular weight excluding hydrogens is 388 g/mol. The van der Waals surface area contributed by atoms with E-state index in [9.17, 15) is 14.4 Å². The quantitative estimate of drug-likeness (QED) is 0.331. The molecular formula is C27H18O4. The van der Waals surface area contributed by atoms with Gasteiger partial charge in [0.1, 0.15) is 0 Å². The van der Waals surface area contributed by atoms with Crippen molar-refractivity contribution in [2.75, 3.05) is 0 Å². The first-order valence-electron chi connectivity index (χ1n) is 10.0. The topological polar surface area (TPSA) is 60.4 Å². The zero-order chi connectivity index (χ0) is 21.4. The van der Waals surface area contributed by atoms with Gasteiger partial charge in [0.05, 0.1) is 12.0 Å². The van der Waals surface area contributed by atoms with Crippen molar-refractivity contribution in [2.45, 2.75) is 12.0 Å². The molecule has 0 spiro atoms. The lowest BCUT2D eigenvalue weighted by atomic mass is 9.86. The number of esters is 1. The van der Waals surface area contributed by atoms with Gasteiger partial charge in [0, 0.05) is 22.1 Å². The molecule has 4 aromatic rings. The third-order valence-electron chi connectivity index (χ3n) is 5.73. The molecule has 0 heterocycles. The van der Waals surface area contributed by atoms with E-state index in [0.29, 0.717) is 22.3 Å². The van der Waals surface area contributed by atoms with Gasteiger partial charge in [-0.1, -0.05) is 84.9 Å². The molecule has 5 rings (SSSR count). The van der Waals surface area contributed by atoms with E-state index in [1.807, 2.05) is 24.3 Å². The summed E-state index contributed by atoms with van der Waals surface area (Å²) in [6, 6.07) is 28.2. The summed E-state index contributed by atoms with van der Waals surface area (Å²) in [5.74, 6) is -1.27. The molecule has 1 aliphatic rings. The van der Waals surface area contributed by atoms with Crippen LogP contribution in [-0.2, 0) is 10.3 Å². The van der Waals surface area contributed by atoms with E-state index < -0.39 is 11.6 Å². The van der Waals surface area contributed by atoms with Crippen LogP contribution >= 0.6 is 0 Å². The van der Waals surface area contributed by atoms with Crippen LogP contribution in [0.15, 0.2) is 97.1 Å². The average molecular weight is 406 g/mol. The van der Waals surface area contributed by atoms with Gasteiger partial charge in [-0.15, -0.1) is 0 Å². The van der Waals surface area contributed by atoms with Crippen molar-refractivity contribution in [1.82, 2.24) is 0 Å². The van der Waals surface area contributed by atoms with Gasteiger partial charge < -0.3 is 4.74 Å². The van der Waals surface area contributed by atoms with Gasteiger partial charge in [0.25, 0.3) is 0 Å². The summed E-state index contributed by atoms with van der Waals surface area (Å²) in [6.45, 7) is 0. The van der Waals surface area contributed by atoms with E-state index in [-0.39, 0.29) is 18.0 Å². The Labute approximate surface area is 179 Å². The van der Waals surface area contributed by atoms with Crippen LogP contribution in [0.5, 0.6) is 0 Å². The standard InChI is InChI=1S/C27H18O4/c28-23(18-9-3-1-4-10-18)17-27(31-26(30)20-11-5-2-6-12-20)22-16-8-14-19-13-7-15-21(24(19)22)25(27)29/h1-16H,17H2. The molecule has 4 aromatic carbocycles. The summed E-state index contributed by atoms with van der Waals surface area (Å²) in [5, 5.41) is 1.60. The maximum absolute atomic E-state index is 13.7. The fourth-order valence-electron chi connectivity index (χ4n) is 4.26. The van der Waals surface area contributed by atoms with Crippen LogP contribution in [0.3, 0.4) is 0 Å². The smallest absolute Gasteiger partial charge is 0.339 e. The Morgan fingerprint density at radius 1 is 0.710 bits per heavy atom. The highest BCUT2D eigenvalue weighted by Crippen LogP contribution is 2.46. The SMILES string of the molecule is O=C(CC1(OC(=O)c2ccccc2)C(=O)c2cccc3cccc1c23)c1ccccc1. The molecule has 0 radical (unpaired) electrons. The highest BCUT2D eigenvalue weighted by Gasteiger charge is 2.52. The van der Waals surface area contributed by atoms with E-state index in [4.69, 9.17) is 4.74 Å². The third kappa shape index (κ3) is 3.04. The molecule has 0 aliphatic heterocycles. The number of ketones is 2. The van der Waals surface area contributed by atoms with Crippen LogP contribution in [0.4, 0.5) is 0 Å². The molecule has 0 aromatic heterocycles. The van der Waals surface area contributed by atoms with Crippen molar-refractivity contribution in [1.29, 1.82) is 0 Å². The first-order valence-corrected chi connectivity index (χ1v) is 10.0. The van der Waals surface area contributed by atoms with Gasteiger partial charge >= 0.3 is 5.97 Å².